The zero-order valence-corrected chi connectivity index (χ0v) is 12.0. The third kappa shape index (κ3) is 2.85. The number of benzene rings is 1. The number of carboxylic acid groups (broad SMARTS) is 1. The van der Waals surface area contributed by atoms with E-state index in [2.05, 4.69) is 36.1 Å². The fraction of sp³-hybridized carbons (Fsp3) is 0.353. The van der Waals surface area contributed by atoms with Crippen LogP contribution >= 0.6 is 0 Å². The number of likely N-dealkylation sites (tertiary alicyclic amines) is 1. The number of aromatic carboxylic acids is 1. The van der Waals surface area contributed by atoms with Crippen molar-refractivity contribution in [3.63, 3.8) is 0 Å². The average molecular weight is 285 g/mol. The minimum Gasteiger partial charge on any atom is -0.475 e. The molecule has 1 aliphatic heterocycles. The van der Waals surface area contributed by atoms with Gasteiger partial charge in [-0.25, -0.2) is 4.79 Å². The monoisotopic (exact) mass is 285 g/mol. The fourth-order valence-corrected chi connectivity index (χ4v) is 3.01. The number of nitrogens with zero attached hydrogens (tertiary/aromatic N) is 1. The summed E-state index contributed by atoms with van der Waals surface area (Å²) in [6, 6.07) is 13.9. The van der Waals surface area contributed by atoms with Gasteiger partial charge in [0.25, 0.3) is 0 Å². The van der Waals surface area contributed by atoms with E-state index in [0.29, 0.717) is 5.92 Å². The molecule has 2 aromatic rings. The summed E-state index contributed by atoms with van der Waals surface area (Å²) in [5, 5.41) is 8.93. The van der Waals surface area contributed by atoms with Crippen LogP contribution in [0, 0.1) is 0 Å². The molecule has 1 aliphatic rings. The van der Waals surface area contributed by atoms with Gasteiger partial charge in [-0.15, -0.1) is 0 Å². The van der Waals surface area contributed by atoms with Crippen LogP contribution in [-0.4, -0.2) is 29.1 Å². The first-order valence-corrected chi connectivity index (χ1v) is 7.27. The van der Waals surface area contributed by atoms with Gasteiger partial charge in [0, 0.05) is 6.54 Å². The first-order chi connectivity index (χ1) is 10.1. The summed E-state index contributed by atoms with van der Waals surface area (Å²) in [6.07, 6.45) is 1.13. The van der Waals surface area contributed by atoms with E-state index in [-0.39, 0.29) is 11.8 Å². The predicted octanol–water partition coefficient (Wildman–Crippen LogP) is 3.53. The highest BCUT2D eigenvalue weighted by Gasteiger charge is 2.29. The zero-order valence-electron chi connectivity index (χ0n) is 12.0. The Kier molecular flexibility index (Phi) is 3.80. The lowest BCUT2D eigenvalue weighted by Crippen LogP contribution is -2.23. The Labute approximate surface area is 124 Å². The Balaban J connectivity index is 1.69. The molecule has 0 saturated carbocycles. The van der Waals surface area contributed by atoms with Crippen molar-refractivity contribution in [2.24, 2.45) is 0 Å². The number of carboxylic acids is 1. The summed E-state index contributed by atoms with van der Waals surface area (Å²) in [5.74, 6) is 0.261. The van der Waals surface area contributed by atoms with Crippen LogP contribution in [0.25, 0.3) is 0 Å². The summed E-state index contributed by atoms with van der Waals surface area (Å²) in [6.45, 7) is 4.05. The van der Waals surface area contributed by atoms with Crippen molar-refractivity contribution in [2.45, 2.75) is 25.3 Å². The van der Waals surface area contributed by atoms with Gasteiger partial charge in [-0.05, 0) is 43.5 Å². The van der Waals surface area contributed by atoms with Crippen LogP contribution in [0.2, 0.25) is 0 Å². The van der Waals surface area contributed by atoms with E-state index in [1.165, 1.54) is 11.6 Å². The van der Waals surface area contributed by atoms with Crippen LogP contribution in [0.1, 0.15) is 47.2 Å². The molecule has 0 amide bonds. The molecule has 3 rings (SSSR count). The number of carbonyl (C=O) groups is 1. The SMILES string of the molecule is CC(c1ccc(C(=O)O)o1)N1CCC(c2ccccc2)C1. The van der Waals surface area contributed by atoms with Crippen LogP contribution < -0.4 is 0 Å². The zero-order chi connectivity index (χ0) is 14.8. The van der Waals surface area contributed by atoms with E-state index in [9.17, 15) is 4.79 Å². The lowest BCUT2D eigenvalue weighted by Gasteiger charge is -2.22. The minimum atomic E-state index is -1.02. The molecule has 2 unspecified atom stereocenters. The largest absolute Gasteiger partial charge is 0.475 e. The van der Waals surface area contributed by atoms with Crippen molar-refractivity contribution in [1.29, 1.82) is 0 Å². The van der Waals surface area contributed by atoms with Gasteiger partial charge in [0.15, 0.2) is 0 Å². The lowest BCUT2D eigenvalue weighted by molar-refractivity contribution is 0.0657. The fourth-order valence-electron chi connectivity index (χ4n) is 3.01. The molecule has 0 spiro atoms. The third-order valence-electron chi connectivity index (χ3n) is 4.29. The molecule has 1 N–H and O–H groups in total. The molecule has 1 aromatic heterocycles. The minimum absolute atomic E-state index is 0.00987. The van der Waals surface area contributed by atoms with Crippen molar-refractivity contribution < 1.29 is 14.3 Å². The van der Waals surface area contributed by atoms with Gasteiger partial charge in [-0.2, -0.15) is 0 Å². The maximum Gasteiger partial charge on any atom is 0.371 e. The van der Waals surface area contributed by atoms with Crippen molar-refractivity contribution in [3.05, 3.63) is 59.5 Å². The molecule has 2 atom stereocenters. The molecule has 2 heterocycles. The first-order valence-electron chi connectivity index (χ1n) is 7.27. The van der Waals surface area contributed by atoms with Crippen molar-refractivity contribution in [3.8, 4) is 0 Å². The highest BCUT2D eigenvalue weighted by atomic mass is 16.4. The van der Waals surface area contributed by atoms with Crippen molar-refractivity contribution >= 4 is 5.97 Å². The second-order valence-electron chi connectivity index (χ2n) is 5.57. The first kappa shape index (κ1) is 13.9. The molecule has 1 saturated heterocycles. The van der Waals surface area contributed by atoms with Crippen molar-refractivity contribution in [1.82, 2.24) is 4.90 Å². The van der Waals surface area contributed by atoms with Crippen LogP contribution in [0.3, 0.4) is 0 Å². The Bertz CT molecular complexity index is 620. The van der Waals surface area contributed by atoms with E-state index in [1.807, 2.05) is 6.07 Å². The number of rotatable bonds is 4. The van der Waals surface area contributed by atoms with Gasteiger partial charge in [0.05, 0.1) is 6.04 Å². The molecular weight excluding hydrogens is 266 g/mol. The summed E-state index contributed by atoms with van der Waals surface area (Å²) >= 11 is 0. The maximum absolute atomic E-state index is 10.9. The van der Waals surface area contributed by atoms with Crippen LogP contribution in [-0.2, 0) is 0 Å². The van der Waals surface area contributed by atoms with Gasteiger partial charge in [0.2, 0.25) is 5.76 Å². The van der Waals surface area contributed by atoms with Crippen LogP contribution in [0.15, 0.2) is 46.9 Å². The molecule has 1 fully saturated rings. The molecule has 0 aliphatic carbocycles. The normalized spacial score (nSPS) is 20.5. The van der Waals surface area contributed by atoms with Gasteiger partial charge in [-0.1, -0.05) is 30.3 Å². The Hall–Kier alpha value is -2.07. The average Bonchev–Trinajstić information content (AvgIpc) is 3.17. The second kappa shape index (κ2) is 5.74. The number of furan rings is 1. The summed E-state index contributed by atoms with van der Waals surface area (Å²) in [7, 11) is 0. The molecule has 110 valence electrons. The van der Waals surface area contributed by atoms with E-state index in [1.54, 1.807) is 6.07 Å². The van der Waals surface area contributed by atoms with E-state index in [4.69, 9.17) is 9.52 Å². The summed E-state index contributed by atoms with van der Waals surface area (Å²) in [5.41, 5.74) is 1.37. The highest BCUT2D eigenvalue weighted by molar-refractivity contribution is 5.84. The molecular formula is C17H19NO3. The molecule has 0 radical (unpaired) electrons. The second-order valence-corrected chi connectivity index (χ2v) is 5.57. The molecule has 4 nitrogen and oxygen atoms in total. The highest BCUT2D eigenvalue weighted by Crippen LogP contribution is 2.33. The Morgan fingerprint density at radius 2 is 2.05 bits per heavy atom. The maximum atomic E-state index is 10.9. The van der Waals surface area contributed by atoms with Crippen LogP contribution in [0.4, 0.5) is 0 Å². The van der Waals surface area contributed by atoms with Gasteiger partial charge < -0.3 is 9.52 Å². The smallest absolute Gasteiger partial charge is 0.371 e. The van der Waals surface area contributed by atoms with E-state index in [0.717, 1.165) is 25.3 Å². The Morgan fingerprint density at radius 3 is 2.71 bits per heavy atom. The summed E-state index contributed by atoms with van der Waals surface area (Å²) in [4.78, 5) is 13.2. The molecule has 21 heavy (non-hydrogen) atoms. The molecule has 0 bridgehead atoms. The predicted molar refractivity (Wildman–Crippen MR) is 79.5 cm³/mol. The molecule has 4 heteroatoms. The van der Waals surface area contributed by atoms with Crippen molar-refractivity contribution in [2.75, 3.05) is 13.1 Å². The van der Waals surface area contributed by atoms with Gasteiger partial charge in [0.1, 0.15) is 5.76 Å². The number of hydrogen-bond acceptors (Lipinski definition) is 3. The van der Waals surface area contributed by atoms with Crippen LogP contribution in [0.5, 0.6) is 0 Å². The Morgan fingerprint density at radius 1 is 1.29 bits per heavy atom. The standard InChI is InChI=1S/C17H19NO3/c1-12(15-7-8-16(21-15)17(19)20)18-10-9-14(11-18)13-5-3-2-4-6-13/h2-8,12,14H,9-11H2,1H3,(H,19,20). The lowest BCUT2D eigenvalue weighted by atomic mass is 9.99. The quantitative estimate of drug-likeness (QED) is 0.933. The summed E-state index contributed by atoms with van der Waals surface area (Å²) < 4.78 is 5.42. The van der Waals surface area contributed by atoms with E-state index >= 15 is 0 Å². The molecule has 1 aromatic carbocycles. The van der Waals surface area contributed by atoms with E-state index < -0.39 is 5.97 Å². The third-order valence-corrected chi connectivity index (χ3v) is 4.29. The van der Waals surface area contributed by atoms with Gasteiger partial charge in [-0.3, -0.25) is 4.90 Å². The topological polar surface area (TPSA) is 53.7 Å². The van der Waals surface area contributed by atoms with Gasteiger partial charge >= 0.3 is 5.97 Å². The number of hydrogen-bond donors (Lipinski definition) is 1.